The molecule has 122 valence electrons. The number of benzene rings is 1. The van der Waals surface area contributed by atoms with E-state index >= 15 is 0 Å². The first-order valence-corrected chi connectivity index (χ1v) is 8.04. The number of aromatic nitrogens is 2. The Kier molecular flexibility index (Phi) is 4.76. The van der Waals surface area contributed by atoms with Gasteiger partial charge in [0.25, 0.3) is 5.56 Å². The summed E-state index contributed by atoms with van der Waals surface area (Å²) in [7, 11) is 1.69. The molecule has 1 aliphatic rings. The fourth-order valence-corrected chi connectivity index (χ4v) is 3.27. The van der Waals surface area contributed by atoms with E-state index in [-0.39, 0.29) is 5.56 Å². The molecular formula is C18H23N3O2. The first-order chi connectivity index (χ1) is 11.1. The number of ether oxygens (including phenoxy) is 1. The molecule has 1 unspecified atom stereocenters. The highest BCUT2D eigenvalue weighted by Gasteiger charge is 2.23. The Morgan fingerprint density at radius 1 is 1.35 bits per heavy atom. The Morgan fingerprint density at radius 3 is 2.83 bits per heavy atom. The van der Waals surface area contributed by atoms with Crippen LogP contribution in [-0.2, 0) is 13.0 Å². The number of nitrogens with one attached hydrogen (secondary N) is 1. The van der Waals surface area contributed by atoms with Gasteiger partial charge in [-0.15, -0.1) is 0 Å². The van der Waals surface area contributed by atoms with Gasteiger partial charge in [0, 0.05) is 19.2 Å². The number of hydrogen-bond acceptors (Lipinski definition) is 4. The van der Waals surface area contributed by atoms with E-state index in [1.165, 1.54) is 12.0 Å². The second-order valence-corrected chi connectivity index (χ2v) is 6.26. The SMILES string of the molecule is COc1ccc(CC2CCN(Cc3cc(=O)[nH]c(C)n3)C2)cc1. The van der Waals surface area contributed by atoms with Crippen LogP contribution in [-0.4, -0.2) is 35.1 Å². The van der Waals surface area contributed by atoms with Gasteiger partial charge >= 0.3 is 0 Å². The van der Waals surface area contributed by atoms with Gasteiger partial charge < -0.3 is 9.72 Å². The molecule has 1 N–H and O–H groups in total. The summed E-state index contributed by atoms with van der Waals surface area (Å²) in [5.41, 5.74) is 2.14. The van der Waals surface area contributed by atoms with Crippen molar-refractivity contribution in [3.05, 3.63) is 57.8 Å². The molecule has 1 saturated heterocycles. The molecule has 0 amide bonds. The van der Waals surface area contributed by atoms with E-state index in [0.29, 0.717) is 11.7 Å². The molecule has 23 heavy (non-hydrogen) atoms. The van der Waals surface area contributed by atoms with Gasteiger partial charge in [-0.1, -0.05) is 12.1 Å². The molecule has 0 aliphatic carbocycles. The predicted octanol–water partition coefficient (Wildman–Crippen LogP) is 2.15. The normalized spacial score (nSPS) is 18.3. The van der Waals surface area contributed by atoms with Crippen LogP contribution in [0.25, 0.3) is 0 Å². The minimum atomic E-state index is -0.0681. The van der Waals surface area contributed by atoms with Crippen LogP contribution < -0.4 is 10.3 Å². The average molecular weight is 313 g/mol. The van der Waals surface area contributed by atoms with E-state index in [9.17, 15) is 4.79 Å². The highest BCUT2D eigenvalue weighted by molar-refractivity contribution is 5.27. The van der Waals surface area contributed by atoms with Crippen molar-refractivity contribution in [2.45, 2.75) is 26.3 Å². The molecule has 0 bridgehead atoms. The third kappa shape index (κ3) is 4.20. The second-order valence-electron chi connectivity index (χ2n) is 6.26. The molecule has 3 rings (SSSR count). The Morgan fingerprint density at radius 2 is 2.13 bits per heavy atom. The monoisotopic (exact) mass is 313 g/mol. The molecule has 1 atom stereocenters. The van der Waals surface area contributed by atoms with Crippen LogP contribution in [0.5, 0.6) is 5.75 Å². The van der Waals surface area contributed by atoms with E-state index in [0.717, 1.165) is 37.5 Å². The lowest BCUT2D eigenvalue weighted by Gasteiger charge is -2.15. The first-order valence-electron chi connectivity index (χ1n) is 8.04. The van der Waals surface area contributed by atoms with E-state index < -0.39 is 0 Å². The van der Waals surface area contributed by atoms with Gasteiger partial charge in [0.1, 0.15) is 11.6 Å². The lowest BCUT2D eigenvalue weighted by Crippen LogP contribution is -2.23. The molecule has 0 saturated carbocycles. The van der Waals surface area contributed by atoms with Crippen LogP contribution in [0.3, 0.4) is 0 Å². The summed E-state index contributed by atoms with van der Waals surface area (Å²) in [4.78, 5) is 21.0. The van der Waals surface area contributed by atoms with E-state index in [2.05, 4.69) is 27.0 Å². The third-order valence-electron chi connectivity index (χ3n) is 4.35. The highest BCUT2D eigenvalue weighted by Crippen LogP contribution is 2.23. The van der Waals surface area contributed by atoms with E-state index in [1.54, 1.807) is 13.2 Å². The van der Waals surface area contributed by atoms with Crippen molar-refractivity contribution >= 4 is 0 Å². The molecule has 1 aliphatic heterocycles. The Balaban J connectivity index is 1.56. The van der Waals surface area contributed by atoms with E-state index in [4.69, 9.17) is 4.74 Å². The Hall–Kier alpha value is -2.14. The molecular weight excluding hydrogens is 290 g/mol. The minimum Gasteiger partial charge on any atom is -0.497 e. The van der Waals surface area contributed by atoms with Gasteiger partial charge in [0.05, 0.1) is 12.8 Å². The van der Waals surface area contributed by atoms with Gasteiger partial charge in [0.2, 0.25) is 0 Å². The number of methoxy groups -OCH3 is 1. The van der Waals surface area contributed by atoms with Crippen LogP contribution in [0.15, 0.2) is 35.1 Å². The minimum absolute atomic E-state index is 0.0681. The number of hydrogen-bond donors (Lipinski definition) is 1. The standard InChI is InChI=1S/C18H23N3O2/c1-13-19-16(10-18(22)20-13)12-21-8-7-15(11-21)9-14-3-5-17(23-2)6-4-14/h3-6,10,15H,7-9,11-12H2,1-2H3,(H,19,20,22). The van der Waals surface area contributed by atoms with Crippen molar-refractivity contribution in [1.29, 1.82) is 0 Å². The molecule has 1 aromatic carbocycles. The number of likely N-dealkylation sites (tertiary alicyclic amines) is 1. The molecule has 5 nitrogen and oxygen atoms in total. The molecule has 2 heterocycles. The summed E-state index contributed by atoms with van der Waals surface area (Å²) in [6.07, 6.45) is 2.27. The quantitative estimate of drug-likeness (QED) is 0.919. The van der Waals surface area contributed by atoms with Crippen LogP contribution in [0.2, 0.25) is 0 Å². The molecule has 1 aromatic heterocycles. The molecule has 5 heteroatoms. The number of rotatable bonds is 5. The van der Waals surface area contributed by atoms with Gasteiger partial charge in [-0.2, -0.15) is 0 Å². The van der Waals surface area contributed by atoms with E-state index in [1.807, 2.05) is 19.1 Å². The van der Waals surface area contributed by atoms with Gasteiger partial charge in [-0.3, -0.25) is 9.69 Å². The zero-order chi connectivity index (χ0) is 16.2. The summed E-state index contributed by atoms with van der Waals surface area (Å²) in [6, 6.07) is 9.92. The first kappa shape index (κ1) is 15.7. The summed E-state index contributed by atoms with van der Waals surface area (Å²) in [6.45, 7) is 4.69. The maximum absolute atomic E-state index is 11.5. The van der Waals surface area contributed by atoms with Crippen LogP contribution in [0.4, 0.5) is 0 Å². The van der Waals surface area contributed by atoms with Crippen LogP contribution in [0, 0.1) is 12.8 Å². The van der Waals surface area contributed by atoms with Gasteiger partial charge in [-0.25, -0.2) is 4.98 Å². The fourth-order valence-electron chi connectivity index (χ4n) is 3.27. The summed E-state index contributed by atoms with van der Waals surface area (Å²) < 4.78 is 5.20. The Bertz CT molecular complexity index is 709. The number of aryl methyl sites for hydroxylation is 1. The van der Waals surface area contributed by atoms with Gasteiger partial charge in [0.15, 0.2) is 0 Å². The summed E-state index contributed by atoms with van der Waals surface area (Å²) in [5.74, 6) is 2.24. The van der Waals surface area contributed by atoms with Crippen molar-refractivity contribution in [3.63, 3.8) is 0 Å². The van der Waals surface area contributed by atoms with Crippen molar-refractivity contribution in [2.75, 3.05) is 20.2 Å². The van der Waals surface area contributed by atoms with Gasteiger partial charge in [-0.05, 0) is 49.9 Å². The molecule has 2 aromatic rings. The lowest BCUT2D eigenvalue weighted by molar-refractivity contribution is 0.312. The Labute approximate surface area is 136 Å². The highest BCUT2D eigenvalue weighted by atomic mass is 16.5. The van der Waals surface area contributed by atoms with Crippen LogP contribution in [0.1, 0.15) is 23.5 Å². The number of aromatic amines is 1. The largest absolute Gasteiger partial charge is 0.497 e. The second kappa shape index (κ2) is 6.96. The zero-order valence-corrected chi connectivity index (χ0v) is 13.7. The summed E-state index contributed by atoms with van der Waals surface area (Å²) >= 11 is 0. The lowest BCUT2D eigenvalue weighted by atomic mass is 9.99. The maximum Gasteiger partial charge on any atom is 0.251 e. The smallest absolute Gasteiger partial charge is 0.251 e. The fraction of sp³-hybridized carbons (Fsp3) is 0.444. The molecule has 0 spiro atoms. The third-order valence-corrected chi connectivity index (χ3v) is 4.35. The van der Waals surface area contributed by atoms with Crippen LogP contribution >= 0.6 is 0 Å². The van der Waals surface area contributed by atoms with Crippen molar-refractivity contribution in [2.24, 2.45) is 5.92 Å². The maximum atomic E-state index is 11.5. The predicted molar refractivity (Wildman–Crippen MR) is 89.7 cm³/mol. The average Bonchev–Trinajstić information content (AvgIpc) is 2.94. The topological polar surface area (TPSA) is 58.2 Å². The van der Waals surface area contributed by atoms with Crippen molar-refractivity contribution in [1.82, 2.24) is 14.9 Å². The number of nitrogens with zero attached hydrogens (tertiary/aromatic N) is 2. The zero-order valence-electron chi connectivity index (χ0n) is 13.7. The molecule has 1 fully saturated rings. The molecule has 0 radical (unpaired) electrons. The van der Waals surface area contributed by atoms with Crippen molar-refractivity contribution in [3.8, 4) is 5.75 Å². The summed E-state index contributed by atoms with van der Waals surface area (Å²) in [5, 5.41) is 0. The number of H-pyrrole nitrogens is 1. The van der Waals surface area contributed by atoms with Crippen molar-refractivity contribution < 1.29 is 4.74 Å².